The Morgan fingerprint density at radius 3 is 2.42 bits per heavy atom. The highest BCUT2D eigenvalue weighted by atomic mass is 19.4. The van der Waals surface area contributed by atoms with Crippen LogP contribution in [-0.4, -0.2) is 22.2 Å². The summed E-state index contributed by atoms with van der Waals surface area (Å²) in [6, 6.07) is 12.2. The van der Waals surface area contributed by atoms with E-state index in [1.54, 1.807) is 0 Å². The third kappa shape index (κ3) is 4.79. The summed E-state index contributed by atoms with van der Waals surface area (Å²) < 4.78 is 40.1. The van der Waals surface area contributed by atoms with Crippen molar-refractivity contribution in [3.8, 4) is 5.75 Å². The van der Waals surface area contributed by atoms with Crippen LogP contribution in [0.15, 0.2) is 60.8 Å². The first-order valence-electron chi connectivity index (χ1n) is 7.46. The van der Waals surface area contributed by atoms with Gasteiger partial charge in [-0.1, -0.05) is 12.1 Å². The first-order valence-corrected chi connectivity index (χ1v) is 7.46. The Hall–Kier alpha value is -3.42. The predicted octanol–water partition coefficient (Wildman–Crippen LogP) is 4.18. The van der Waals surface area contributed by atoms with E-state index in [0.717, 1.165) is 17.6 Å². The lowest BCUT2D eigenvalue weighted by Crippen LogP contribution is -2.17. The number of carbonyl (C=O) groups is 1. The smallest absolute Gasteiger partial charge is 0.406 e. The van der Waals surface area contributed by atoms with Crippen molar-refractivity contribution in [1.29, 1.82) is 0 Å². The molecule has 3 aromatic rings. The van der Waals surface area contributed by atoms with Crippen molar-refractivity contribution in [1.82, 2.24) is 9.97 Å². The molecule has 132 valence electrons. The Morgan fingerprint density at radius 2 is 1.73 bits per heavy atom. The Labute approximate surface area is 146 Å². The number of anilines is 1. The Balaban J connectivity index is 1.63. The minimum Gasteiger partial charge on any atom is -0.406 e. The molecule has 0 unspecified atom stereocenters. The average Bonchev–Trinajstić information content (AvgIpc) is 2.60. The number of amides is 1. The Kier molecular flexibility index (Phi) is 4.83. The maximum atomic E-state index is 12.1. The van der Waals surface area contributed by atoms with Gasteiger partial charge in [-0.3, -0.25) is 9.78 Å². The minimum absolute atomic E-state index is 0.332. The predicted molar refractivity (Wildman–Crippen MR) is 90.3 cm³/mol. The number of benzene rings is 2. The third-order valence-corrected chi connectivity index (χ3v) is 3.23. The highest BCUT2D eigenvalue weighted by Gasteiger charge is 2.30. The van der Waals surface area contributed by atoms with Crippen LogP contribution in [0.2, 0.25) is 0 Å². The van der Waals surface area contributed by atoms with E-state index in [2.05, 4.69) is 20.0 Å². The van der Waals surface area contributed by atoms with E-state index < -0.39 is 12.3 Å². The quantitative estimate of drug-likeness (QED) is 0.710. The molecule has 2 aromatic carbocycles. The topological polar surface area (TPSA) is 64.1 Å². The summed E-state index contributed by atoms with van der Waals surface area (Å²) in [6.45, 7) is 0. The van der Waals surface area contributed by atoms with Gasteiger partial charge in [0, 0.05) is 11.8 Å². The second kappa shape index (κ2) is 7.22. The lowest BCUT2D eigenvalue weighted by atomic mass is 10.3. The summed E-state index contributed by atoms with van der Waals surface area (Å²) >= 11 is 0. The van der Waals surface area contributed by atoms with E-state index in [1.807, 2.05) is 24.3 Å². The van der Waals surface area contributed by atoms with Crippen LogP contribution in [0.3, 0.4) is 0 Å². The molecule has 1 N–H and O–H groups in total. The molecule has 1 heterocycles. The standard InChI is InChI=1S/C18H12F3N3O2/c19-18(20,21)26-14-8-5-12(6-9-14)24-17(25)10-7-13-11-22-15-3-1-2-4-16(15)23-13/h1-11H,(H,24,25)/b10-7+. The number of hydrogen-bond donors (Lipinski definition) is 1. The van der Waals surface area contributed by atoms with Gasteiger partial charge in [-0.05, 0) is 42.5 Å². The third-order valence-electron chi connectivity index (χ3n) is 3.23. The first-order chi connectivity index (χ1) is 12.4. The molecular weight excluding hydrogens is 347 g/mol. The van der Waals surface area contributed by atoms with E-state index in [4.69, 9.17) is 0 Å². The lowest BCUT2D eigenvalue weighted by molar-refractivity contribution is -0.274. The maximum absolute atomic E-state index is 12.1. The molecule has 1 aromatic heterocycles. The summed E-state index contributed by atoms with van der Waals surface area (Å²) in [7, 11) is 0. The molecule has 0 saturated carbocycles. The number of carbonyl (C=O) groups excluding carboxylic acids is 1. The molecule has 0 atom stereocenters. The van der Waals surface area contributed by atoms with Crippen LogP contribution in [0.25, 0.3) is 17.1 Å². The minimum atomic E-state index is -4.76. The number of nitrogens with one attached hydrogen (secondary N) is 1. The van der Waals surface area contributed by atoms with E-state index in [-0.39, 0.29) is 5.75 Å². The number of rotatable bonds is 4. The molecule has 0 spiro atoms. The summed E-state index contributed by atoms with van der Waals surface area (Å²) in [4.78, 5) is 20.5. The largest absolute Gasteiger partial charge is 0.573 e. The number of aromatic nitrogens is 2. The van der Waals surface area contributed by atoms with E-state index in [0.29, 0.717) is 16.9 Å². The molecule has 0 radical (unpaired) electrons. The molecule has 0 fully saturated rings. The molecule has 0 aliphatic rings. The monoisotopic (exact) mass is 359 g/mol. The van der Waals surface area contributed by atoms with Crippen molar-refractivity contribution in [3.05, 3.63) is 66.5 Å². The Morgan fingerprint density at radius 1 is 1.04 bits per heavy atom. The maximum Gasteiger partial charge on any atom is 0.573 e. The van der Waals surface area contributed by atoms with Gasteiger partial charge in [0.05, 0.1) is 22.9 Å². The fourth-order valence-corrected chi connectivity index (χ4v) is 2.14. The van der Waals surface area contributed by atoms with Gasteiger partial charge >= 0.3 is 6.36 Å². The number of nitrogens with zero attached hydrogens (tertiary/aromatic N) is 2. The zero-order chi connectivity index (χ0) is 18.6. The Bertz CT molecular complexity index is 954. The van der Waals surface area contributed by atoms with Crippen LogP contribution in [0, 0.1) is 0 Å². The van der Waals surface area contributed by atoms with Crippen molar-refractivity contribution in [2.45, 2.75) is 6.36 Å². The average molecular weight is 359 g/mol. The van der Waals surface area contributed by atoms with Crippen LogP contribution in [-0.2, 0) is 4.79 Å². The van der Waals surface area contributed by atoms with Crippen LogP contribution in [0.5, 0.6) is 5.75 Å². The molecule has 0 saturated heterocycles. The van der Waals surface area contributed by atoms with Gasteiger partial charge < -0.3 is 10.1 Å². The van der Waals surface area contributed by atoms with Crippen molar-refractivity contribution in [2.75, 3.05) is 5.32 Å². The van der Waals surface area contributed by atoms with Crippen molar-refractivity contribution < 1.29 is 22.7 Å². The number of alkyl halides is 3. The molecule has 0 aliphatic carbocycles. The van der Waals surface area contributed by atoms with Gasteiger partial charge in [0.2, 0.25) is 5.91 Å². The summed E-state index contributed by atoms with van der Waals surface area (Å²) in [6.07, 6.45) is -0.460. The SMILES string of the molecule is O=C(/C=C/c1cnc2ccccc2n1)Nc1ccc(OC(F)(F)F)cc1. The van der Waals surface area contributed by atoms with Crippen LogP contribution >= 0.6 is 0 Å². The molecular formula is C18H12F3N3O2. The summed E-state index contributed by atoms with van der Waals surface area (Å²) in [5.41, 5.74) is 2.29. The summed E-state index contributed by atoms with van der Waals surface area (Å²) in [5, 5.41) is 2.53. The van der Waals surface area contributed by atoms with Gasteiger partial charge in [-0.15, -0.1) is 13.2 Å². The molecule has 26 heavy (non-hydrogen) atoms. The molecule has 0 bridgehead atoms. The van der Waals surface area contributed by atoms with Crippen LogP contribution in [0.4, 0.5) is 18.9 Å². The van der Waals surface area contributed by atoms with Crippen LogP contribution in [0.1, 0.15) is 5.69 Å². The fourth-order valence-electron chi connectivity index (χ4n) is 2.14. The zero-order valence-electron chi connectivity index (χ0n) is 13.2. The number of fused-ring (bicyclic) bond motifs is 1. The molecule has 3 rings (SSSR count). The van der Waals surface area contributed by atoms with Crippen LogP contribution < -0.4 is 10.1 Å². The molecule has 5 nitrogen and oxygen atoms in total. The zero-order valence-corrected chi connectivity index (χ0v) is 13.2. The van der Waals surface area contributed by atoms with Gasteiger partial charge in [0.25, 0.3) is 0 Å². The molecule has 1 amide bonds. The highest BCUT2D eigenvalue weighted by molar-refractivity contribution is 6.01. The van der Waals surface area contributed by atoms with Gasteiger partial charge in [-0.2, -0.15) is 0 Å². The van der Waals surface area contributed by atoms with Gasteiger partial charge in [0.15, 0.2) is 0 Å². The molecule has 0 aliphatic heterocycles. The number of halogens is 3. The van der Waals surface area contributed by atoms with E-state index in [9.17, 15) is 18.0 Å². The number of hydrogen-bond acceptors (Lipinski definition) is 4. The number of ether oxygens (including phenoxy) is 1. The van der Waals surface area contributed by atoms with E-state index >= 15 is 0 Å². The van der Waals surface area contributed by atoms with Gasteiger partial charge in [0.1, 0.15) is 5.75 Å². The van der Waals surface area contributed by atoms with Crippen molar-refractivity contribution in [3.63, 3.8) is 0 Å². The van der Waals surface area contributed by atoms with Crippen molar-refractivity contribution in [2.24, 2.45) is 0 Å². The van der Waals surface area contributed by atoms with Crippen molar-refractivity contribution >= 4 is 28.7 Å². The second-order valence-electron chi connectivity index (χ2n) is 5.18. The summed E-state index contributed by atoms with van der Waals surface area (Å²) in [5.74, 6) is -0.818. The van der Waals surface area contributed by atoms with Gasteiger partial charge in [-0.25, -0.2) is 4.98 Å². The number of para-hydroxylation sites is 2. The first kappa shape index (κ1) is 17.4. The highest BCUT2D eigenvalue weighted by Crippen LogP contribution is 2.23. The van der Waals surface area contributed by atoms with E-state index in [1.165, 1.54) is 30.5 Å². The lowest BCUT2D eigenvalue weighted by Gasteiger charge is -2.09. The normalized spacial score (nSPS) is 11.7. The fraction of sp³-hybridized carbons (Fsp3) is 0.0556. The second-order valence-corrected chi connectivity index (χ2v) is 5.18. The molecule has 8 heteroatoms.